The van der Waals surface area contributed by atoms with Crippen molar-refractivity contribution in [2.24, 2.45) is 0 Å². The molecule has 7 nitrogen and oxygen atoms in total. The van der Waals surface area contributed by atoms with Gasteiger partial charge in [-0.15, -0.1) is 0 Å². The van der Waals surface area contributed by atoms with Crippen LogP contribution in [0.2, 0.25) is 0 Å². The molecule has 2 aromatic rings. The van der Waals surface area contributed by atoms with E-state index < -0.39 is 5.91 Å². The number of anilines is 2. The number of carbonyl (C=O) groups excluding carboxylic acids is 2. The molecule has 0 fully saturated rings. The first-order valence-electron chi connectivity index (χ1n) is 6.78. The van der Waals surface area contributed by atoms with Crippen LogP contribution in [0.1, 0.15) is 17.5 Å². The molecule has 0 aliphatic heterocycles. The lowest BCUT2D eigenvalue weighted by atomic mass is 10.3. The van der Waals surface area contributed by atoms with E-state index in [1.54, 1.807) is 30.3 Å². The normalized spacial score (nSPS) is 9.71. The molecule has 9 heteroatoms. The maximum atomic E-state index is 11.8. The summed E-state index contributed by atoms with van der Waals surface area (Å²) in [6, 6.07) is 10.1. The molecule has 24 heavy (non-hydrogen) atoms. The average Bonchev–Trinajstić information content (AvgIpc) is 3.02. The summed E-state index contributed by atoms with van der Waals surface area (Å²) in [4.78, 5) is 22.7. The van der Waals surface area contributed by atoms with E-state index in [0.717, 1.165) is 0 Å². The van der Waals surface area contributed by atoms with Gasteiger partial charge in [-0.1, -0.05) is 0 Å². The topological polar surface area (TPSA) is 95.4 Å². The number of rotatable bonds is 3. The summed E-state index contributed by atoms with van der Waals surface area (Å²) in [5.41, 5.74) is 1.38. The number of hydrogen-bond acceptors (Lipinski definition) is 5. The Labute approximate surface area is 148 Å². The third kappa shape index (κ3) is 5.45. The first-order chi connectivity index (χ1) is 11.4. The van der Waals surface area contributed by atoms with Gasteiger partial charge in [-0.05, 0) is 60.8 Å². The minimum atomic E-state index is -0.434. The van der Waals surface area contributed by atoms with Crippen LogP contribution in [0.3, 0.4) is 0 Å². The first kappa shape index (κ1) is 17.6. The number of hydrogen-bond donors (Lipinski definition) is 4. The van der Waals surface area contributed by atoms with E-state index in [1.165, 1.54) is 19.3 Å². The van der Waals surface area contributed by atoms with Crippen LogP contribution in [0.4, 0.5) is 11.4 Å². The number of amides is 2. The molecule has 1 heterocycles. The molecule has 4 N–H and O–H groups in total. The summed E-state index contributed by atoms with van der Waals surface area (Å²) in [5.74, 6) is -0.509. The van der Waals surface area contributed by atoms with E-state index in [0.29, 0.717) is 11.4 Å². The molecule has 2 amide bonds. The van der Waals surface area contributed by atoms with E-state index in [1.807, 2.05) is 0 Å². The Balaban J connectivity index is 1.87. The lowest BCUT2D eigenvalue weighted by Gasteiger charge is -2.11. The molecule has 0 bridgehead atoms. The Morgan fingerprint density at radius 1 is 0.917 bits per heavy atom. The van der Waals surface area contributed by atoms with Crippen LogP contribution >= 0.6 is 24.4 Å². The van der Waals surface area contributed by atoms with Crippen molar-refractivity contribution in [2.75, 3.05) is 10.6 Å². The molecule has 124 valence electrons. The second kappa shape index (κ2) is 8.18. The molecule has 0 unspecified atom stereocenters. The van der Waals surface area contributed by atoms with Gasteiger partial charge < -0.3 is 20.4 Å². The highest BCUT2D eigenvalue weighted by Crippen LogP contribution is 2.13. The van der Waals surface area contributed by atoms with Crippen LogP contribution < -0.4 is 21.3 Å². The van der Waals surface area contributed by atoms with Crippen molar-refractivity contribution in [1.29, 1.82) is 0 Å². The summed E-state index contributed by atoms with van der Waals surface area (Å²) >= 11 is 10.0. The predicted molar refractivity (Wildman–Crippen MR) is 98.9 cm³/mol. The van der Waals surface area contributed by atoms with Gasteiger partial charge in [0.1, 0.15) is 0 Å². The van der Waals surface area contributed by atoms with E-state index in [2.05, 4.69) is 21.3 Å². The maximum Gasteiger partial charge on any atom is 0.293 e. The largest absolute Gasteiger partial charge is 0.459 e. The molecule has 0 saturated carbocycles. The molecule has 0 radical (unpaired) electrons. The van der Waals surface area contributed by atoms with Gasteiger partial charge in [0.2, 0.25) is 5.91 Å². The minimum absolute atomic E-state index is 0.144. The maximum absolute atomic E-state index is 11.8. The van der Waals surface area contributed by atoms with Gasteiger partial charge in [-0.25, -0.2) is 0 Å². The van der Waals surface area contributed by atoms with Gasteiger partial charge in [0.25, 0.3) is 5.91 Å². The zero-order valence-electron chi connectivity index (χ0n) is 12.6. The summed E-state index contributed by atoms with van der Waals surface area (Å²) in [7, 11) is 0. The highest BCUT2D eigenvalue weighted by atomic mass is 32.1. The van der Waals surface area contributed by atoms with Crippen molar-refractivity contribution in [3.05, 3.63) is 48.4 Å². The van der Waals surface area contributed by atoms with Crippen molar-refractivity contribution in [2.45, 2.75) is 6.92 Å². The minimum Gasteiger partial charge on any atom is -0.459 e. The molecular weight excluding hydrogens is 348 g/mol. The summed E-state index contributed by atoms with van der Waals surface area (Å²) < 4.78 is 4.98. The van der Waals surface area contributed by atoms with E-state index in [9.17, 15) is 9.59 Å². The molecule has 0 saturated heterocycles. The zero-order valence-corrected chi connectivity index (χ0v) is 14.2. The third-order valence-corrected chi connectivity index (χ3v) is 3.07. The second-order valence-electron chi connectivity index (χ2n) is 4.60. The third-order valence-electron chi connectivity index (χ3n) is 2.66. The fourth-order valence-electron chi connectivity index (χ4n) is 1.69. The van der Waals surface area contributed by atoms with Crippen LogP contribution in [0.25, 0.3) is 0 Å². The molecule has 0 aliphatic rings. The molecule has 1 aromatic heterocycles. The van der Waals surface area contributed by atoms with Crippen molar-refractivity contribution < 1.29 is 14.0 Å². The molecule has 0 spiro atoms. The standard InChI is InChI=1S/C15H14N4O3S2/c1-9(20)16-14(23)17-10-4-6-11(7-5-10)18-15(24)19-13(21)12-3-2-8-22-12/h2-8H,1H3,(H2,16,17,20,23)(H2,18,19,21,24). The fourth-order valence-corrected chi connectivity index (χ4v) is 2.17. The van der Waals surface area contributed by atoms with Crippen LogP contribution in [0.15, 0.2) is 47.1 Å². The lowest BCUT2D eigenvalue weighted by molar-refractivity contribution is -0.117. The second-order valence-corrected chi connectivity index (χ2v) is 5.41. The number of furan rings is 1. The van der Waals surface area contributed by atoms with Gasteiger partial charge in [0.15, 0.2) is 16.0 Å². The van der Waals surface area contributed by atoms with Crippen molar-refractivity contribution >= 4 is 57.8 Å². The van der Waals surface area contributed by atoms with Gasteiger partial charge in [-0.3, -0.25) is 14.9 Å². The van der Waals surface area contributed by atoms with Crippen molar-refractivity contribution in [3.63, 3.8) is 0 Å². The van der Waals surface area contributed by atoms with Gasteiger partial charge in [0, 0.05) is 18.3 Å². The number of benzene rings is 1. The van der Waals surface area contributed by atoms with Crippen LogP contribution in [-0.4, -0.2) is 22.0 Å². The monoisotopic (exact) mass is 362 g/mol. The molecule has 0 aliphatic carbocycles. The predicted octanol–water partition coefficient (Wildman–Crippen LogP) is 2.24. The SMILES string of the molecule is CC(=O)NC(=S)Nc1ccc(NC(=S)NC(=O)c2ccco2)cc1. The summed E-state index contributed by atoms with van der Waals surface area (Å²) in [6.07, 6.45) is 1.41. The first-order valence-corrected chi connectivity index (χ1v) is 7.60. The summed E-state index contributed by atoms with van der Waals surface area (Å²) in [5, 5.41) is 11.1. The fraction of sp³-hybridized carbons (Fsp3) is 0.0667. The molecule has 1 aromatic carbocycles. The Hall–Kier alpha value is -2.78. The average molecular weight is 362 g/mol. The number of nitrogens with one attached hydrogen (secondary N) is 4. The van der Waals surface area contributed by atoms with Crippen LogP contribution in [0.5, 0.6) is 0 Å². The quantitative estimate of drug-likeness (QED) is 0.622. The Bertz CT molecular complexity index is 758. The Kier molecular flexibility index (Phi) is 5.99. The smallest absolute Gasteiger partial charge is 0.293 e. The van der Waals surface area contributed by atoms with E-state index in [-0.39, 0.29) is 21.9 Å². The van der Waals surface area contributed by atoms with Crippen molar-refractivity contribution in [1.82, 2.24) is 10.6 Å². The van der Waals surface area contributed by atoms with Crippen LogP contribution in [-0.2, 0) is 4.79 Å². The number of thiocarbonyl (C=S) groups is 2. The lowest BCUT2D eigenvalue weighted by Crippen LogP contribution is -2.34. The van der Waals surface area contributed by atoms with Crippen molar-refractivity contribution in [3.8, 4) is 0 Å². The van der Waals surface area contributed by atoms with Gasteiger partial charge >= 0.3 is 0 Å². The zero-order chi connectivity index (χ0) is 17.5. The highest BCUT2D eigenvalue weighted by Gasteiger charge is 2.10. The van der Waals surface area contributed by atoms with Crippen LogP contribution in [0, 0.1) is 0 Å². The molecular formula is C15H14N4O3S2. The van der Waals surface area contributed by atoms with Gasteiger partial charge in [-0.2, -0.15) is 0 Å². The molecule has 0 atom stereocenters. The highest BCUT2D eigenvalue weighted by molar-refractivity contribution is 7.80. The van der Waals surface area contributed by atoms with Gasteiger partial charge in [0.05, 0.1) is 6.26 Å². The Morgan fingerprint density at radius 2 is 1.46 bits per heavy atom. The Morgan fingerprint density at radius 3 is 1.92 bits per heavy atom. The van der Waals surface area contributed by atoms with E-state index >= 15 is 0 Å². The molecule has 2 rings (SSSR count). The number of carbonyl (C=O) groups is 2. The van der Waals surface area contributed by atoms with E-state index in [4.69, 9.17) is 28.9 Å². The summed E-state index contributed by atoms with van der Waals surface area (Å²) in [6.45, 7) is 1.37.